The van der Waals surface area contributed by atoms with E-state index in [1.165, 1.54) is 87.6 Å². The molecule has 27 aromatic rings. The van der Waals surface area contributed by atoms with E-state index in [4.69, 9.17) is 0 Å². The molecule has 0 atom stereocenters. The van der Waals surface area contributed by atoms with Gasteiger partial charge in [0.2, 0.25) is 0 Å². The van der Waals surface area contributed by atoms with E-state index < -0.39 is 0 Å². The zero-order chi connectivity index (χ0) is 91.4. The van der Waals surface area contributed by atoms with E-state index in [1.54, 1.807) is 12.7 Å². The van der Waals surface area contributed by atoms with Gasteiger partial charge in [-0.25, -0.2) is 19.9 Å². The minimum absolute atomic E-state index is 0.964. The van der Waals surface area contributed by atoms with Gasteiger partial charge in [0.1, 0.15) is 12.7 Å². The molecule has 0 saturated heterocycles. The van der Waals surface area contributed by atoms with E-state index >= 15 is 0 Å². The molecule has 0 radical (unpaired) electrons. The third-order valence-electron chi connectivity index (χ3n) is 26.9. The number of nitrogens with zero attached hydrogens (tertiary/aromatic N) is 10. The van der Waals surface area contributed by atoms with Crippen LogP contribution in [0.2, 0.25) is 0 Å². The molecule has 0 saturated carbocycles. The summed E-state index contributed by atoms with van der Waals surface area (Å²) >= 11 is 0. The normalized spacial score (nSPS) is 11.5. The Hall–Kier alpha value is -18.6. The van der Waals surface area contributed by atoms with Gasteiger partial charge in [0.25, 0.3) is 0 Å². The average Bonchev–Trinajstić information content (AvgIpc) is 0.727. The molecule has 10 heteroatoms. The minimum atomic E-state index is 0.964. The summed E-state index contributed by atoms with van der Waals surface area (Å²) in [5, 5.41) is 14.1. The van der Waals surface area contributed by atoms with Crippen LogP contribution in [0, 0.1) is 0 Å². The zero-order valence-corrected chi connectivity index (χ0v) is 75.1. The Balaban J connectivity index is 0.000000110. The molecule has 12 bridgehead atoms. The van der Waals surface area contributed by atoms with Crippen LogP contribution in [0.4, 0.5) is 0 Å². The van der Waals surface area contributed by atoms with Gasteiger partial charge in [-0.15, -0.1) is 0 Å². The van der Waals surface area contributed by atoms with Crippen LogP contribution in [-0.4, -0.2) is 47.3 Å². The van der Waals surface area contributed by atoms with Crippen molar-refractivity contribution < 1.29 is 0 Å². The number of aromatic nitrogens is 10. The maximum Gasteiger partial charge on any atom is 0.115 e. The molecule has 0 aliphatic rings. The van der Waals surface area contributed by atoms with Crippen LogP contribution in [0.1, 0.15) is 0 Å². The molecule has 0 aliphatic carbocycles. The van der Waals surface area contributed by atoms with Gasteiger partial charge in [-0.1, -0.05) is 303 Å². The van der Waals surface area contributed by atoms with Crippen molar-refractivity contribution in [1.82, 2.24) is 47.3 Å². The van der Waals surface area contributed by atoms with Crippen molar-refractivity contribution in [2.75, 3.05) is 0 Å². The summed E-state index contributed by atoms with van der Waals surface area (Å²) in [5.41, 5.74) is 33.7. The largest absolute Gasteiger partial charge is 0.310 e. The second-order valence-corrected chi connectivity index (χ2v) is 35.0. The van der Waals surface area contributed by atoms with E-state index in [0.29, 0.717) is 0 Å². The Morgan fingerprint density at radius 1 is 0.130 bits per heavy atom. The molecule has 22 aromatic carbocycles. The SMILES string of the molecule is c1ccc(-c2cc3cc4c2cccc4n(-c2ccccc2)c2cc(-c4ccccc4)c4cccc(c4c2)n3-c2ccccc2)cc1.c1ccc(-c2cccc(-n3c4ccc5cccc(c5c4)n(-c4cccc(-c5ccccc5)c4)c4ccc5cccc3c5c4)c2)cc1.c1ccc(-n2c3cc(-c4cncnc4)c4cccc(c4c3)n(-c3ccccc3)c3cc(-c4cncnc4)c4cccc2c4c3)cc1. The third kappa shape index (κ3) is 14.8. The molecule has 0 fully saturated rings. The zero-order valence-electron chi connectivity index (χ0n) is 75.1. The second kappa shape index (κ2) is 35.1. The number of benzene rings is 22. The molecule has 648 valence electrons. The van der Waals surface area contributed by atoms with E-state index in [0.717, 1.165) is 144 Å². The van der Waals surface area contributed by atoms with Crippen molar-refractivity contribution in [2.45, 2.75) is 0 Å². The summed E-state index contributed by atoms with van der Waals surface area (Å²) in [7, 11) is 0. The first-order valence-corrected chi connectivity index (χ1v) is 46.7. The summed E-state index contributed by atoms with van der Waals surface area (Å²) in [6.45, 7) is 0. The van der Waals surface area contributed by atoms with Gasteiger partial charge in [-0.3, -0.25) is 0 Å². The van der Waals surface area contributed by atoms with Crippen LogP contribution in [0.25, 0.3) is 232 Å². The van der Waals surface area contributed by atoms with Crippen molar-refractivity contribution in [3.63, 3.8) is 0 Å². The van der Waals surface area contributed by atoms with Crippen LogP contribution in [0.3, 0.4) is 0 Å². The van der Waals surface area contributed by atoms with E-state index in [1.807, 2.05) is 24.8 Å². The first-order valence-electron chi connectivity index (χ1n) is 46.7. The van der Waals surface area contributed by atoms with Gasteiger partial charge in [0, 0.05) is 135 Å². The van der Waals surface area contributed by atoms with Crippen LogP contribution >= 0.6 is 0 Å². The summed E-state index contributed by atoms with van der Waals surface area (Å²) in [6, 6.07) is 175. The number of hydrogen-bond donors (Lipinski definition) is 0. The highest BCUT2D eigenvalue weighted by atomic mass is 15.0. The Morgan fingerprint density at radius 3 is 0.652 bits per heavy atom. The Kier molecular flexibility index (Phi) is 20.7. The number of hydrogen-bond acceptors (Lipinski definition) is 4. The van der Waals surface area contributed by atoms with Gasteiger partial charge in [0.15, 0.2) is 0 Å². The topological polar surface area (TPSA) is 81.1 Å². The smallest absolute Gasteiger partial charge is 0.115 e. The molecule has 0 amide bonds. The van der Waals surface area contributed by atoms with Gasteiger partial charge in [-0.05, 0) is 270 Å². The average molecular weight is 1760 g/mol. The lowest BCUT2D eigenvalue weighted by molar-refractivity contribution is 1.15. The summed E-state index contributed by atoms with van der Waals surface area (Å²) in [5.74, 6) is 0. The number of fused-ring (bicyclic) bond motifs is 6. The molecule has 5 heterocycles. The van der Waals surface area contributed by atoms with Gasteiger partial charge in [0.05, 0.1) is 33.1 Å². The first-order chi connectivity index (χ1) is 68.5. The monoisotopic (exact) mass is 1760 g/mol. The van der Waals surface area contributed by atoms with E-state index in [9.17, 15) is 0 Å². The van der Waals surface area contributed by atoms with Gasteiger partial charge in [-0.2, -0.15) is 0 Å². The molecular weight excluding hydrogens is 1680 g/mol. The molecular formula is C128H86N10. The van der Waals surface area contributed by atoms with Crippen LogP contribution in [0.15, 0.2) is 523 Å². The summed E-state index contributed by atoms with van der Waals surface area (Å²) in [6.07, 6.45) is 10.7. The predicted octanol–water partition coefficient (Wildman–Crippen LogP) is 32.9. The maximum absolute atomic E-state index is 4.40. The molecule has 0 aliphatic heterocycles. The lowest BCUT2D eigenvalue weighted by atomic mass is 9.95. The van der Waals surface area contributed by atoms with E-state index in [-0.39, 0.29) is 0 Å². The molecule has 0 N–H and O–H groups in total. The Morgan fingerprint density at radius 2 is 0.355 bits per heavy atom. The fourth-order valence-electron chi connectivity index (χ4n) is 20.7. The fraction of sp³-hybridized carbons (Fsp3) is 0. The molecule has 138 heavy (non-hydrogen) atoms. The van der Waals surface area contributed by atoms with Crippen LogP contribution in [-0.2, 0) is 0 Å². The molecule has 0 unspecified atom stereocenters. The highest BCUT2D eigenvalue weighted by Gasteiger charge is 2.22. The van der Waals surface area contributed by atoms with Crippen LogP contribution < -0.4 is 0 Å². The fourth-order valence-corrected chi connectivity index (χ4v) is 20.7. The van der Waals surface area contributed by atoms with Crippen molar-refractivity contribution in [3.8, 4) is 101 Å². The highest BCUT2D eigenvalue weighted by molar-refractivity contribution is 6.15. The summed E-state index contributed by atoms with van der Waals surface area (Å²) < 4.78 is 14.4. The highest BCUT2D eigenvalue weighted by Crippen LogP contribution is 2.45. The van der Waals surface area contributed by atoms with Crippen molar-refractivity contribution in [2.24, 2.45) is 0 Å². The third-order valence-corrected chi connectivity index (χ3v) is 26.9. The van der Waals surface area contributed by atoms with Crippen LogP contribution in [0.5, 0.6) is 0 Å². The van der Waals surface area contributed by atoms with E-state index in [2.05, 4.69) is 533 Å². The van der Waals surface area contributed by atoms with Gasteiger partial charge >= 0.3 is 0 Å². The van der Waals surface area contributed by atoms with Crippen molar-refractivity contribution >= 4 is 131 Å². The Bertz CT molecular complexity index is 8490. The number of rotatable bonds is 12. The quantitative estimate of drug-likeness (QED) is 0.122. The minimum Gasteiger partial charge on any atom is -0.310 e. The lowest BCUT2D eigenvalue weighted by Gasteiger charge is -2.21. The molecule has 5 aromatic heterocycles. The number of para-hydroxylation sites is 4. The first kappa shape index (κ1) is 81.4. The standard InChI is InChI=1S/2C44H30N2.C40H26N6/c1-5-15-31(16-6-1)39-27-35-29-41-37(39)23-13-25-43(41)46(34-21-11-4-12-22-34)36-28-40(32-17-7-2-8-18-32)38-24-14-26-44(42(38)30-36)45(35)33-19-9-3-10-20-33;1-3-11-31(12-4-1)35-17-7-19-37(27-35)45-39-25-23-34-16-10-22-44(42(34)29-39)46(40-26-24-33-15-9-21-43(45)41(33)30-40)38-20-8-18-36(28-38)32-13-5-2-6-14-32;1-3-9-29(10-4-1)45-31-17-35(27-21-41-25-42-22-27)34-14-8-16-40(38(34)19-31)46(30-11-5-2-6-12-30)32-18-36(28-23-43-26-44-24-28)33-13-7-15-39(45)37(33)20-32/h2*1-30H;1-26H. The molecule has 27 rings (SSSR count). The predicted molar refractivity (Wildman–Crippen MR) is 576 cm³/mol. The van der Waals surface area contributed by atoms with Crippen molar-refractivity contribution in [1.29, 1.82) is 0 Å². The lowest BCUT2D eigenvalue weighted by Crippen LogP contribution is -2.03. The van der Waals surface area contributed by atoms with Crippen molar-refractivity contribution in [3.05, 3.63) is 523 Å². The molecule has 10 nitrogen and oxygen atoms in total. The maximum atomic E-state index is 4.40. The van der Waals surface area contributed by atoms with Gasteiger partial charge < -0.3 is 27.4 Å². The Labute approximate surface area is 796 Å². The molecule has 0 spiro atoms. The summed E-state index contributed by atoms with van der Waals surface area (Å²) in [4.78, 5) is 17.6. The second-order valence-electron chi connectivity index (χ2n) is 35.0.